The van der Waals surface area contributed by atoms with Gasteiger partial charge in [-0.15, -0.1) is 0 Å². The molecule has 1 saturated heterocycles. The van der Waals surface area contributed by atoms with Crippen LogP contribution in [0.15, 0.2) is 10.6 Å². The highest BCUT2D eigenvalue weighted by molar-refractivity contribution is 5.86. The summed E-state index contributed by atoms with van der Waals surface area (Å²) in [5.41, 5.74) is 0.777. The highest BCUT2D eigenvalue weighted by Crippen LogP contribution is 2.78. The Kier molecular flexibility index (Phi) is 5.12. The molecule has 3 saturated carbocycles. The van der Waals surface area contributed by atoms with Gasteiger partial charge in [-0.3, -0.25) is 9.59 Å². The number of aryl methyl sites for hydroxylation is 1. The van der Waals surface area contributed by atoms with Crippen LogP contribution in [-0.4, -0.2) is 34.7 Å². The van der Waals surface area contributed by atoms with Crippen LogP contribution < -0.4 is 10.6 Å². The Morgan fingerprint density at radius 2 is 2.03 bits per heavy atom. The van der Waals surface area contributed by atoms with Gasteiger partial charge in [0.1, 0.15) is 11.5 Å². The summed E-state index contributed by atoms with van der Waals surface area (Å²) in [4.78, 5) is 25.3. The number of rotatable bonds is 7. The van der Waals surface area contributed by atoms with E-state index in [4.69, 9.17) is 4.52 Å². The molecule has 1 aliphatic heterocycles. The summed E-state index contributed by atoms with van der Waals surface area (Å²) >= 11 is 0. The second-order valence-corrected chi connectivity index (χ2v) is 10.1. The number of piperidine rings is 1. The van der Waals surface area contributed by atoms with E-state index in [1.54, 1.807) is 6.07 Å². The predicted molar refractivity (Wildman–Crippen MR) is 109 cm³/mol. The number of nitrogens with zero attached hydrogens (tertiary/aromatic N) is 1. The first-order valence-corrected chi connectivity index (χ1v) is 11.7. The maximum absolute atomic E-state index is 13.1. The molecule has 5 rings (SSSR count). The molecule has 2 bridgehead atoms. The third-order valence-electron chi connectivity index (χ3n) is 8.61. The monoisotopic (exact) mass is 415 g/mol. The number of carbonyl (C=O) groups is 2. The summed E-state index contributed by atoms with van der Waals surface area (Å²) in [5.74, 6) is -0.187. The Labute approximate surface area is 177 Å². The van der Waals surface area contributed by atoms with Crippen molar-refractivity contribution in [3.8, 4) is 0 Å². The van der Waals surface area contributed by atoms with Gasteiger partial charge in [-0.1, -0.05) is 11.6 Å². The Balaban J connectivity index is 1.26. The van der Waals surface area contributed by atoms with Gasteiger partial charge in [-0.05, 0) is 81.6 Å². The number of nitrogens with one attached hydrogen (secondary N) is 2. The van der Waals surface area contributed by atoms with Gasteiger partial charge >= 0.3 is 5.97 Å². The van der Waals surface area contributed by atoms with Crippen LogP contribution in [0.1, 0.15) is 62.8 Å². The number of hydrogen-bond donors (Lipinski definition) is 3. The topological polar surface area (TPSA) is 104 Å². The average molecular weight is 416 g/mol. The molecule has 7 atom stereocenters. The van der Waals surface area contributed by atoms with Crippen LogP contribution in [-0.2, 0) is 16.1 Å². The van der Waals surface area contributed by atoms with Gasteiger partial charge < -0.3 is 20.3 Å². The molecule has 0 radical (unpaired) electrons. The molecule has 1 aromatic rings. The highest BCUT2D eigenvalue weighted by atomic mass is 16.5. The molecule has 1 aromatic heterocycles. The van der Waals surface area contributed by atoms with Gasteiger partial charge in [-0.25, -0.2) is 0 Å². The molecule has 1 spiro atoms. The SMILES string of the molecule is Cc1cc(CNC(=O)[C@H]2[C@H](C(=O)O)[C@H]3CC[C@@H]2[C@@]32CC2CCC2CCCCN2)no1. The van der Waals surface area contributed by atoms with E-state index in [1.165, 1.54) is 32.1 Å². The molecule has 7 heteroatoms. The van der Waals surface area contributed by atoms with Crippen molar-refractivity contribution in [2.75, 3.05) is 6.54 Å². The summed E-state index contributed by atoms with van der Waals surface area (Å²) in [7, 11) is 0. The van der Waals surface area contributed by atoms with Gasteiger partial charge in [0.15, 0.2) is 0 Å². The predicted octanol–water partition coefficient (Wildman–Crippen LogP) is 2.88. The Morgan fingerprint density at radius 3 is 2.70 bits per heavy atom. The first kappa shape index (κ1) is 20.0. The minimum atomic E-state index is -0.793. The standard InChI is InChI=1S/C23H33N3O4/c1-13-10-16(26-30-13)12-25-21(27)19-17-7-8-18(20(19)22(28)29)23(17)11-14(23)5-6-15-4-2-3-9-24-15/h10,14-15,17-20,24H,2-9,11-12H2,1H3,(H,25,27)(H,28,29)/t14?,15?,17-,18+,19+,20+,23-/m0/s1. The minimum absolute atomic E-state index is 0.101. The molecule has 164 valence electrons. The maximum atomic E-state index is 13.1. The van der Waals surface area contributed by atoms with Crippen LogP contribution in [0.3, 0.4) is 0 Å². The molecule has 2 unspecified atom stereocenters. The van der Waals surface area contributed by atoms with Crippen molar-refractivity contribution in [2.24, 2.45) is 35.0 Å². The largest absolute Gasteiger partial charge is 0.481 e. The number of aromatic nitrogens is 1. The average Bonchev–Trinajstić information content (AvgIpc) is 2.97. The van der Waals surface area contributed by atoms with E-state index < -0.39 is 17.8 Å². The molecule has 3 aliphatic carbocycles. The van der Waals surface area contributed by atoms with Crippen molar-refractivity contribution >= 4 is 11.9 Å². The number of hydrogen-bond acceptors (Lipinski definition) is 5. The van der Waals surface area contributed by atoms with Crippen molar-refractivity contribution in [1.29, 1.82) is 0 Å². The summed E-state index contributed by atoms with van der Waals surface area (Å²) in [5, 5.41) is 20.5. The zero-order valence-electron chi connectivity index (χ0n) is 17.7. The highest BCUT2D eigenvalue weighted by Gasteiger charge is 2.75. The molecule has 4 aliphatic rings. The van der Waals surface area contributed by atoms with Crippen molar-refractivity contribution in [3.05, 3.63) is 17.5 Å². The van der Waals surface area contributed by atoms with Gasteiger partial charge in [0, 0.05) is 12.1 Å². The summed E-state index contributed by atoms with van der Waals surface area (Å²) in [6.07, 6.45) is 9.28. The summed E-state index contributed by atoms with van der Waals surface area (Å²) in [6, 6.07) is 2.42. The second kappa shape index (κ2) is 7.66. The third-order valence-corrected chi connectivity index (χ3v) is 8.61. The van der Waals surface area contributed by atoms with Crippen LogP contribution in [0.2, 0.25) is 0 Å². The van der Waals surface area contributed by atoms with Crippen LogP contribution in [0.5, 0.6) is 0 Å². The van der Waals surface area contributed by atoms with E-state index >= 15 is 0 Å². The van der Waals surface area contributed by atoms with E-state index in [9.17, 15) is 14.7 Å². The summed E-state index contributed by atoms with van der Waals surface area (Å²) < 4.78 is 5.06. The van der Waals surface area contributed by atoms with E-state index in [1.807, 2.05) is 6.92 Å². The van der Waals surface area contributed by atoms with E-state index in [0.717, 1.165) is 25.8 Å². The van der Waals surface area contributed by atoms with E-state index in [2.05, 4.69) is 15.8 Å². The van der Waals surface area contributed by atoms with Gasteiger partial charge in [-0.2, -0.15) is 0 Å². The summed E-state index contributed by atoms with van der Waals surface area (Å²) in [6.45, 7) is 3.23. The lowest BCUT2D eigenvalue weighted by Crippen LogP contribution is -2.41. The molecule has 1 amide bonds. The van der Waals surface area contributed by atoms with Crippen LogP contribution in [0, 0.1) is 41.9 Å². The first-order chi connectivity index (χ1) is 14.5. The fourth-order valence-corrected chi connectivity index (χ4v) is 7.39. The minimum Gasteiger partial charge on any atom is -0.481 e. The van der Waals surface area contributed by atoms with Crippen molar-refractivity contribution in [2.45, 2.75) is 70.9 Å². The van der Waals surface area contributed by atoms with Crippen molar-refractivity contribution < 1.29 is 19.2 Å². The molecule has 3 N–H and O–H groups in total. The van der Waals surface area contributed by atoms with E-state index in [0.29, 0.717) is 30.0 Å². The van der Waals surface area contributed by atoms with E-state index in [-0.39, 0.29) is 23.2 Å². The lowest BCUT2D eigenvalue weighted by Gasteiger charge is -2.26. The molecule has 30 heavy (non-hydrogen) atoms. The quantitative estimate of drug-likeness (QED) is 0.633. The van der Waals surface area contributed by atoms with Gasteiger partial charge in [0.25, 0.3) is 0 Å². The Hall–Kier alpha value is -1.89. The first-order valence-electron chi connectivity index (χ1n) is 11.7. The third kappa shape index (κ3) is 3.26. The fourth-order valence-electron chi connectivity index (χ4n) is 7.39. The van der Waals surface area contributed by atoms with Gasteiger partial charge in [0.2, 0.25) is 5.91 Å². The van der Waals surface area contributed by atoms with Crippen LogP contribution in [0.25, 0.3) is 0 Å². The lowest BCUT2D eigenvalue weighted by atomic mass is 9.78. The zero-order chi connectivity index (χ0) is 20.9. The molecular formula is C23H33N3O4. The second-order valence-electron chi connectivity index (χ2n) is 10.1. The number of carboxylic acids is 1. The maximum Gasteiger partial charge on any atom is 0.307 e. The smallest absolute Gasteiger partial charge is 0.307 e. The molecule has 0 aromatic carbocycles. The van der Waals surface area contributed by atoms with Crippen molar-refractivity contribution in [1.82, 2.24) is 15.8 Å². The zero-order valence-corrected chi connectivity index (χ0v) is 17.7. The number of carbonyl (C=O) groups excluding carboxylic acids is 1. The normalized spacial score (nSPS) is 39.4. The fraction of sp³-hybridized carbons (Fsp3) is 0.783. The number of aliphatic carboxylic acids is 1. The Bertz CT molecular complexity index is 817. The lowest BCUT2D eigenvalue weighted by molar-refractivity contribution is -0.149. The molecule has 2 heterocycles. The molecule has 7 nitrogen and oxygen atoms in total. The van der Waals surface area contributed by atoms with Gasteiger partial charge in [0.05, 0.1) is 18.4 Å². The molecule has 4 fully saturated rings. The number of carboxylic acid groups (broad SMARTS) is 1. The molecular weight excluding hydrogens is 382 g/mol. The number of amides is 1. The van der Waals surface area contributed by atoms with Crippen molar-refractivity contribution in [3.63, 3.8) is 0 Å². The Morgan fingerprint density at radius 1 is 1.23 bits per heavy atom. The van der Waals surface area contributed by atoms with Crippen LogP contribution in [0.4, 0.5) is 0 Å². The van der Waals surface area contributed by atoms with Crippen LogP contribution >= 0.6 is 0 Å².